The molecule has 0 bridgehead atoms. The van der Waals surface area contributed by atoms with E-state index in [2.05, 4.69) is 0 Å². The van der Waals surface area contributed by atoms with Crippen LogP contribution in [-0.4, -0.2) is 18.1 Å². The molecule has 0 spiro atoms. The van der Waals surface area contributed by atoms with Gasteiger partial charge in [-0.25, -0.2) is 0 Å². The Labute approximate surface area is 87.0 Å². The molecule has 0 heterocycles. The molecule has 0 aromatic heterocycles. The fourth-order valence-electron chi connectivity index (χ4n) is 0.984. The van der Waals surface area contributed by atoms with Gasteiger partial charge in [0, 0.05) is 5.02 Å². The lowest BCUT2D eigenvalue weighted by molar-refractivity contribution is 0.202. The average Bonchev–Trinajstić information content (AvgIpc) is 2.15. The molecule has 0 radical (unpaired) electrons. The van der Waals surface area contributed by atoms with E-state index in [1.54, 1.807) is 25.3 Å². The summed E-state index contributed by atoms with van der Waals surface area (Å²) in [6.45, 7) is 0. The first-order valence-corrected chi connectivity index (χ1v) is 4.67. The Hall–Kier alpha value is -0.440. The van der Waals surface area contributed by atoms with Gasteiger partial charge < -0.3 is 9.84 Å². The summed E-state index contributed by atoms with van der Waals surface area (Å²) in [5.74, 6) is 0.760. The van der Waals surface area contributed by atoms with Crippen LogP contribution in [0.25, 0.3) is 0 Å². The summed E-state index contributed by atoms with van der Waals surface area (Å²) < 4.78 is 4.99. The topological polar surface area (TPSA) is 29.5 Å². The SMILES string of the molecule is COc1cc(Cl)cc(C(O)CCl)c1. The van der Waals surface area contributed by atoms with Crippen LogP contribution >= 0.6 is 23.2 Å². The number of alkyl halides is 1. The summed E-state index contributed by atoms with van der Waals surface area (Å²) in [6.07, 6.45) is -0.700. The second-order valence-corrected chi connectivity index (χ2v) is 3.34. The molecule has 0 fully saturated rings. The van der Waals surface area contributed by atoms with Crippen molar-refractivity contribution in [3.8, 4) is 5.75 Å². The van der Waals surface area contributed by atoms with Gasteiger partial charge in [0.2, 0.25) is 0 Å². The fraction of sp³-hybridized carbons (Fsp3) is 0.333. The van der Waals surface area contributed by atoms with Gasteiger partial charge in [-0.15, -0.1) is 11.6 Å². The van der Waals surface area contributed by atoms with Crippen LogP contribution in [0, 0.1) is 0 Å². The zero-order valence-electron chi connectivity index (χ0n) is 7.13. The van der Waals surface area contributed by atoms with E-state index in [1.807, 2.05) is 0 Å². The summed E-state index contributed by atoms with van der Waals surface area (Å²) >= 11 is 11.3. The summed E-state index contributed by atoms with van der Waals surface area (Å²) in [5.41, 5.74) is 0.666. The molecule has 0 aliphatic rings. The van der Waals surface area contributed by atoms with Crippen LogP contribution in [0.4, 0.5) is 0 Å². The monoisotopic (exact) mass is 220 g/mol. The Kier molecular flexibility index (Phi) is 3.85. The number of aliphatic hydroxyl groups excluding tert-OH is 1. The van der Waals surface area contributed by atoms with Crippen molar-refractivity contribution < 1.29 is 9.84 Å². The van der Waals surface area contributed by atoms with Gasteiger partial charge in [-0.3, -0.25) is 0 Å². The number of hydrogen-bond donors (Lipinski definition) is 1. The Morgan fingerprint density at radius 1 is 1.46 bits per heavy atom. The van der Waals surface area contributed by atoms with E-state index in [1.165, 1.54) is 0 Å². The average molecular weight is 221 g/mol. The maximum atomic E-state index is 9.43. The van der Waals surface area contributed by atoms with Crippen LogP contribution in [-0.2, 0) is 0 Å². The lowest BCUT2D eigenvalue weighted by Crippen LogP contribution is -1.98. The maximum Gasteiger partial charge on any atom is 0.120 e. The third kappa shape index (κ3) is 2.76. The normalized spacial score (nSPS) is 12.6. The highest BCUT2D eigenvalue weighted by Gasteiger charge is 2.08. The van der Waals surface area contributed by atoms with Crippen molar-refractivity contribution in [3.05, 3.63) is 28.8 Å². The molecule has 0 saturated carbocycles. The molecule has 1 unspecified atom stereocenters. The van der Waals surface area contributed by atoms with Crippen molar-refractivity contribution in [3.63, 3.8) is 0 Å². The predicted octanol–water partition coefficient (Wildman–Crippen LogP) is 2.62. The van der Waals surface area contributed by atoms with E-state index in [0.717, 1.165) is 0 Å². The Morgan fingerprint density at radius 3 is 2.69 bits per heavy atom. The number of aliphatic hydroxyl groups is 1. The van der Waals surface area contributed by atoms with Gasteiger partial charge in [0.1, 0.15) is 5.75 Å². The van der Waals surface area contributed by atoms with Crippen LogP contribution in [0.3, 0.4) is 0 Å². The Morgan fingerprint density at radius 2 is 2.15 bits per heavy atom. The first-order valence-electron chi connectivity index (χ1n) is 3.76. The number of methoxy groups -OCH3 is 1. The summed E-state index contributed by atoms with van der Waals surface area (Å²) in [6, 6.07) is 5.04. The maximum absolute atomic E-state index is 9.43. The number of hydrogen-bond acceptors (Lipinski definition) is 2. The zero-order valence-corrected chi connectivity index (χ0v) is 8.64. The summed E-state index contributed by atoms with van der Waals surface area (Å²) in [7, 11) is 1.54. The van der Waals surface area contributed by atoms with Crippen molar-refractivity contribution in [1.82, 2.24) is 0 Å². The number of rotatable bonds is 3. The van der Waals surface area contributed by atoms with Crippen LogP contribution < -0.4 is 4.74 Å². The van der Waals surface area contributed by atoms with E-state index in [4.69, 9.17) is 27.9 Å². The molecule has 1 aromatic rings. The van der Waals surface area contributed by atoms with E-state index in [0.29, 0.717) is 16.3 Å². The molecule has 1 rings (SSSR count). The first-order chi connectivity index (χ1) is 6.17. The van der Waals surface area contributed by atoms with Gasteiger partial charge in [-0.2, -0.15) is 0 Å². The molecule has 1 N–H and O–H groups in total. The lowest BCUT2D eigenvalue weighted by atomic mass is 10.1. The van der Waals surface area contributed by atoms with E-state index in [9.17, 15) is 5.11 Å². The van der Waals surface area contributed by atoms with Gasteiger partial charge in [0.05, 0.1) is 19.1 Å². The van der Waals surface area contributed by atoms with Crippen molar-refractivity contribution in [2.24, 2.45) is 0 Å². The van der Waals surface area contributed by atoms with E-state index >= 15 is 0 Å². The van der Waals surface area contributed by atoms with Crippen LogP contribution in [0.2, 0.25) is 5.02 Å². The van der Waals surface area contributed by atoms with E-state index in [-0.39, 0.29) is 5.88 Å². The highest BCUT2D eigenvalue weighted by Crippen LogP contribution is 2.25. The predicted molar refractivity (Wildman–Crippen MR) is 53.7 cm³/mol. The second-order valence-electron chi connectivity index (χ2n) is 2.59. The van der Waals surface area contributed by atoms with Crippen LogP contribution in [0.1, 0.15) is 11.7 Å². The van der Waals surface area contributed by atoms with E-state index < -0.39 is 6.10 Å². The molecule has 2 nitrogen and oxygen atoms in total. The van der Waals surface area contributed by atoms with Gasteiger partial charge in [-0.05, 0) is 23.8 Å². The molecule has 13 heavy (non-hydrogen) atoms. The molecule has 0 saturated heterocycles. The van der Waals surface area contributed by atoms with Crippen molar-refractivity contribution in [2.75, 3.05) is 13.0 Å². The minimum Gasteiger partial charge on any atom is -0.497 e. The smallest absolute Gasteiger partial charge is 0.120 e. The summed E-state index contributed by atoms with van der Waals surface area (Å²) in [4.78, 5) is 0. The molecule has 4 heteroatoms. The standard InChI is InChI=1S/C9H10Cl2O2/c1-13-8-3-6(9(12)5-10)2-7(11)4-8/h2-4,9,12H,5H2,1H3. The Balaban J connectivity index is 3.01. The first kappa shape index (κ1) is 10.6. The zero-order chi connectivity index (χ0) is 9.84. The van der Waals surface area contributed by atoms with Gasteiger partial charge in [-0.1, -0.05) is 11.6 Å². The van der Waals surface area contributed by atoms with Crippen molar-refractivity contribution in [1.29, 1.82) is 0 Å². The number of benzene rings is 1. The lowest BCUT2D eigenvalue weighted by Gasteiger charge is -2.09. The van der Waals surface area contributed by atoms with Gasteiger partial charge >= 0.3 is 0 Å². The molecule has 0 aliphatic heterocycles. The minimum absolute atomic E-state index is 0.142. The summed E-state index contributed by atoms with van der Waals surface area (Å²) in [5, 5.41) is 9.95. The molecule has 0 amide bonds. The van der Waals surface area contributed by atoms with Crippen LogP contribution in [0.5, 0.6) is 5.75 Å². The minimum atomic E-state index is -0.700. The number of halogens is 2. The van der Waals surface area contributed by atoms with Gasteiger partial charge in [0.25, 0.3) is 0 Å². The van der Waals surface area contributed by atoms with Crippen molar-refractivity contribution >= 4 is 23.2 Å². The van der Waals surface area contributed by atoms with Gasteiger partial charge in [0.15, 0.2) is 0 Å². The third-order valence-corrected chi connectivity index (χ3v) is 2.17. The molecule has 1 aromatic carbocycles. The largest absolute Gasteiger partial charge is 0.497 e. The molecule has 72 valence electrons. The Bertz CT molecular complexity index is 289. The third-order valence-electron chi connectivity index (χ3n) is 1.66. The number of ether oxygens (including phenoxy) is 1. The molecule has 0 aliphatic carbocycles. The fourth-order valence-corrected chi connectivity index (χ4v) is 1.40. The van der Waals surface area contributed by atoms with Crippen LogP contribution in [0.15, 0.2) is 18.2 Å². The molecule has 1 atom stereocenters. The second kappa shape index (κ2) is 4.70. The molecular weight excluding hydrogens is 211 g/mol. The molecular formula is C9H10Cl2O2. The highest BCUT2D eigenvalue weighted by molar-refractivity contribution is 6.30. The van der Waals surface area contributed by atoms with Crippen molar-refractivity contribution in [2.45, 2.75) is 6.10 Å². The quantitative estimate of drug-likeness (QED) is 0.795. The highest BCUT2D eigenvalue weighted by atomic mass is 35.5.